The molecule has 0 unspecified atom stereocenters. The molecule has 33 heavy (non-hydrogen) atoms. The molecule has 0 heterocycles. The van der Waals surface area contributed by atoms with Crippen LogP contribution in [0, 0.1) is 6.92 Å². The van der Waals surface area contributed by atoms with Gasteiger partial charge in [0.2, 0.25) is 21.8 Å². The normalized spacial score (nSPS) is 12.2. The molecule has 2 amide bonds. The molecule has 1 N–H and O–H groups in total. The number of amides is 2. The maximum Gasteiger partial charge on any atom is 0.242 e. The minimum Gasteiger partial charge on any atom is -0.357 e. The van der Waals surface area contributed by atoms with Crippen LogP contribution in [0.2, 0.25) is 5.02 Å². The van der Waals surface area contributed by atoms with E-state index in [2.05, 4.69) is 5.32 Å². The maximum absolute atomic E-state index is 13.2. The quantitative estimate of drug-likeness (QED) is 0.516. The lowest BCUT2D eigenvalue weighted by Gasteiger charge is -2.31. The van der Waals surface area contributed by atoms with Crippen LogP contribution in [0.3, 0.4) is 0 Å². The molecule has 0 radical (unpaired) electrons. The second kappa shape index (κ2) is 12.0. The van der Waals surface area contributed by atoms with Crippen molar-refractivity contribution in [2.75, 3.05) is 24.2 Å². The van der Waals surface area contributed by atoms with Crippen LogP contribution in [0.5, 0.6) is 0 Å². The Bertz CT molecular complexity index is 1070. The van der Waals surface area contributed by atoms with Crippen LogP contribution in [0.15, 0.2) is 48.5 Å². The summed E-state index contributed by atoms with van der Waals surface area (Å²) in [5, 5.41) is 3.14. The summed E-state index contributed by atoms with van der Waals surface area (Å²) in [6.45, 7) is 4.04. The summed E-state index contributed by atoms with van der Waals surface area (Å²) in [5.74, 6) is -0.487. The molecule has 0 aliphatic heterocycles. The largest absolute Gasteiger partial charge is 0.357 e. The lowest BCUT2D eigenvalue weighted by Crippen LogP contribution is -2.48. The second-order valence-electron chi connectivity index (χ2n) is 7.88. The number of para-hydroxylation sites is 1. The zero-order valence-electron chi connectivity index (χ0n) is 19.5. The van der Waals surface area contributed by atoms with Gasteiger partial charge in [-0.2, -0.15) is 0 Å². The van der Waals surface area contributed by atoms with Crippen LogP contribution in [0.4, 0.5) is 5.69 Å². The first-order valence-electron chi connectivity index (χ1n) is 10.9. The number of nitrogens with one attached hydrogen (secondary N) is 1. The van der Waals surface area contributed by atoms with E-state index in [4.69, 9.17) is 11.6 Å². The highest BCUT2D eigenvalue weighted by molar-refractivity contribution is 7.92. The summed E-state index contributed by atoms with van der Waals surface area (Å²) in [7, 11) is -1.99. The van der Waals surface area contributed by atoms with Crippen LogP contribution in [0.1, 0.15) is 37.3 Å². The molecular formula is C24H32ClN3O4S. The fraction of sp³-hybridized carbons (Fsp3) is 0.417. The smallest absolute Gasteiger partial charge is 0.242 e. The molecule has 0 aliphatic carbocycles. The van der Waals surface area contributed by atoms with Crippen LogP contribution < -0.4 is 9.62 Å². The molecule has 1 atom stereocenters. The summed E-state index contributed by atoms with van der Waals surface area (Å²) in [4.78, 5) is 27.3. The zero-order valence-corrected chi connectivity index (χ0v) is 21.1. The lowest BCUT2D eigenvalue weighted by atomic mass is 10.1. The van der Waals surface area contributed by atoms with E-state index in [1.165, 1.54) is 16.3 Å². The molecule has 0 bridgehead atoms. The second-order valence-corrected chi connectivity index (χ2v) is 10.2. The van der Waals surface area contributed by atoms with Gasteiger partial charge >= 0.3 is 0 Å². The first-order valence-corrected chi connectivity index (χ1v) is 13.1. The van der Waals surface area contributed by atoms with Crippen molar-refractivity contribution >= 4 is 39.1 Å². The molecular weight excluding hydrogens is 462 g/mol. The van der Waals surface area contributed by atoms with Crippen molar-refractivity contribution < 1.29 is 18.0 Å². The van der Waals surface area contributed by atoms with Crippen LogP contribution in [-0.2, 0) is 26.2 Å². The Morgan fingerprint density at radius 2 is 1.73 bits per heavy atom. The van der Waals surface area contributed by atoms with E-state index in [1.54, 1.807) is 24.3 Å². The van der Waals surface area contributed by atoms with Gasteiger partial charge in [0.15, 0.2) is 0 Å². The van der Waals surface area contributed by atoms with Gasteiger partial charge in [-0.25, -0.2) is 8.42 Å². The van der Waals surface area contributed by atoms with Crippen molar-refractivity contribution in [1.82, 2.24) is 10.2 Å². The van der Waals surface area contributed by atoms with E-state index < -0.39 is 16.1 Å². The highest BCUT2D eigenvalue weighted by Crippen LogP contribution is 2.24. The van der Waals surface area contributed by atoms with Crippen molar-refractivity contribution in [2.24, 2.45) is 0 Å². The summed E-state index contributed by atoms with van der Waals surface area (Å²) >= 11 is 6.30. The molecule has 2 aromatic rings. The monoisotopic (exact) mass is 493 g/mol. The Balaban J connectivity index is 2.21. The predicted molar refractivity (Wildman–Crippen MR) is 133 cm³/mol. The molecule has 0 fully saturated rings. The topological polar surface area (TPSA) is 86.8 Å². The number of sulfonamides is 1. The van der Waals surface area contributed by atoms with Crippen molar-refractivity contribution in [2.45, 2.75) is 45.7 Å². The molecule has 0 aromatic heterocycles. The summed E-state index contributed by atoms with van der Waals surface area (Å²) in [6.07, 6.45) is 2.00. The zero-order chi connectivity index (χ0) is 24.6. The third kappa shape index (κ3) is 7.20. The van der Waals surface area contributed by atoms with Gasteiger partial charge < -0.3 is 10.2 Å². The van der Waals surface area contributed by atoms with E-state index in [0.29, 0.717) is 23.6 Å². The van der Waals surface area contributed by atoms with Crippen molar-refractivity contribution in [3.05, 3.63) is 64.7 Å². The Kier molecular flexibility index (Phi) is 9.73. The number of aryl methyl sites for hydroxylation is 1. The van der Waals surface area contributed by atoms with E-state index in [1.807, 2.05) is 38.1 Å². The number of carbonyl (C=O) groups is 2. The Morgan fingerprint density at radius 1 is 1.09 bits per heavy atom. The van der Waals surface area contributed by atoms with Gasteiger partial charge in [-0.3, -0.25) is 13.9 Å². The molecule has 0 aliphatic rings. The average molecular weight is 494 g/mol. The van der Waals surface area contributed by atoms with Crippen molar-refractivity contribution in [1.29, 1.82) is 0 Å². The predicted octanol–water partition coefficient (Wildman–Crippen LogP) is 3.75. The number of anilines is 1. The van der Waals surface area contributed by atoms with Gasteiger partial charge in [-0.15, -0.1) is 0 Å². The number of rotatable bonds is 11. The summed E-state index contributed by atoms with van der Waals surface area (Å²) in [6, 6.07) is 13.8. The number of hydrogen-bond acceptors (Lipinski definition) is 4. The van der Waals surface area contributed by atoms with Crippen LogP contribution in [-0.4, -0.2) is 51.0 Å². The molecule has 9 heteroatoms. The third-order valence-electron chi connectivity index (χ3n) is 5.47. The standard InChI is InChI=1S/C24H32ClN3O4S/c1-5-21(24(30)26-3)27(17-19-12-7-8-13-20(19)25)23(29)15-10-16-28(33(4,31)32)22-14-9-6-11-18(22)2/h6-9,11-14,21H,5,10,15-17H2,1-4H3,(H,26,30)/t21-/m0/s1. The Hall–Kier alpha value is -2.58. The van der Waals surface area contributed by atoms with E-state index in [0.717, 1.165) is 17.4 Å². The fourth-order valence-electron chi connectivity index (χ4n) is 3.72. The van der Waals surface area contributed by atoms with Crippen LogP contribution in [0.25, 0.3) is 0 Å². The Morgan fingerprint density at radius 3 is 2.30 bits per heavy atom. The Labute approximate surface area is 201 Å². The number of benzene rings is 2. The third-order valence-corrected chi connectivity index (χ3v) is 7.02. The summed E-state index contributed by atoms with van der Waals surface area (Å²) in [5.41, 5.74) is 2.17. The first-order chi connectivity index (χ1) is 15.6. The molecule has 0 spiro atoms. The minimum atomic E-state index is -3.52. The van der Waals surface area contributed by atoms with Crippen molar-refractivity contribution in [3.63, 3.8) is 0 Å². The molecule has 2 rings (SSSR count). The fourth-order valence-corrected chi connectivity index (χ4v) is 4.94. The van der Waals surface area contributed by atoms with Gasteiger partial charge in [-0.05, 0) is 43.0 Å². The molecule has 180 valence electrons. The summed E-state index contributed by atoms with van der Waals surface area (Å²) < 4.78 is 26.2. The van der Waals surface area contributed by atoms with Gasteiger partial charge in [0.25, 0.3) is 0 Å². The maximum atomic E-state index is 13.2. The van der Waals surface area contributed by atoms with Crippen molar-refractivity contribution in [3.8, 4) is 0 Å². The van der Waals surface area contributed by atoms with E-state index in [-0.39, 0.29) is 31.3 Å². The highest BCUT2D eigenvalue weighted by Gasteiger charge is 2.28. The van der Waals surface area contributed by atoms with Gasteiger partial charge in [0, 0.05) is 31.6 Å². The number of likely N-dealkylation sites (N-methyl/N-ethyl adjacent to an activating group) is 1. The number of nitrogens with zero attached hydrogens (tertiary/aromatic N) is 2. The van der Waals surface area contributed by atoms with Gasteiger partial charge in [0.05, 0.1) is 11.9 Å². The average Bonchev–Trinajstić information content (AvgIpc) is 2.77. The number of halogens is 1. The molecule has 0 saturated carbocycles. The number of hydrogen-bond donors (Lipinski definition) is 1. The first kappa shape index (κ1) is 26.7. The van der Waals surface area contributed by atoms with Gasteiger partial charge in [0.1, 0.15) is 6.04 Å². The number of carbonyl (C=O) groups excluding carboxylic acids is 2. The SMILES string of the molecule is CC[C@@H](C(=O)NC)N(Cc1ccccc1Cl)C(=O)CCCN(c1ccccc1C)S(C)(=O)=O. The van der Waals surface area contributed by atoms with E-state index in [9.17, 15) is 18.0 Å². The molecule has 2 aromatic carbocycles. The highest BCUT2D eigenvalue weighted by atomic mass is 35.5. The molecule has 7 nitrogen and oxygen atoms in total. The minimum absolute atomic E-state index is 0.0931. The van der Waals surface area contributed by atoms with Gasteiger partial charge in [-0.1, -0.05) is 54.9 Å². The molecule has 0 saturated heterocycles. The van der Waals surface area contributed by atoms with E-state index >= 15 is 0 Å². The van der Waals surface area contributed by atoms with Crippen LogP contribution >= 0.6 is 11.6 Å². The lowest BCUT2D eigenvalue weighted by molar-refractivity contribution is -0.141.